The number of piperidine rings is 1. The largest absolute Gasteiger partial charge is 0.497 e. The second-order valence-corrected chi connectivity index (χ2v) is 4.98. The topological polar surface area (TPSA) is 59.6 Å². The molecule has 1 aliphatic heterocycles. The van der Waals surface area contributed by atoms with Crippen LogP contribution in [0, 0.1) is 0 Å². The molecule has 1 aromatic rings. The summed E-state index contributed by atoms with van der Waals surface area (Å²) in [6, 6.07) is 7.66. The van der Waals surface area contributed by atoms with Crippen molar-refractivity contribution >= 4 is 5.91 Å². The van der Waals surface area contributed by atoms with Gasteiger partial charge < -0.3 is 20.1 Å². The van der Waals surface area contributed by atoms with Gasteiger partial charge in [0.2, 0.25) is 0 Å². The summed E-state index contributed by atoms with van der Waals surface area (Å²) in [6.07, 6.45) is 1.41. The van der Waals surface area contributed by atoms with Crippen molar-refractivity contribution in [3.63, 3.8) is 0 Å². The number of rotatable bonds is 5. The molecule has 0 radical (unpaired) electrons. The molecule has 0 spiro atoms. The summed E-state index contributed by atoms with van der Waals surface area (Å²) in [5.41, 5.74) is 0.358. The van der Waals surface area contributed by atoms with Gasteiger partial charge in [-0.3, -0.25) is 4.79 Å². The fourth-order valence-electron chi connectivity index (χ4n) is 2.44. The number of ether oxygens (including phenoxy) is 2. The van der Waals surface area contributed by atoms with E-state index in [0.717, 1.165) is 24.4 Å². The van der Waals surface area contributed by atoms with Crippen LogP contribution >= 0.6 is 0 Å². The fraction of sp³-hybridized carbons (Fsp3) is 0.533. The number of nitrogens with one attached hydrogen (secondary N) is 2. The highest BCUT2D eigenvalue weighted by atomic mass is 16.5. The Bertz CT molecular complexity index is 439. The van der Waals surface area contributed by atoms with Crippen LogP contribution in [0.1, 0.15) is 18.4 Å². The Hall–Kier alpha value is -1.59. The number of carbonyl (C=O) groups excluding carboxylic acids is 1. The maximum atomic E-state index is 12.4. The summed E-state index contributed by atoms with van der Waals surface area (Å²) in [7, 11) is 3.24. The molecule has 1 heterocycles. The lowest BCUT2D eigenvalue weighted by molar-refractivity contribution is -0.146. The summed E-state index contributed by atoms with van der Waals surface area (Å²) < 4.78 is 10.6. The number of hydrogen-bond donors (Lipinski definition) is 2. The van der Waals surface area contributed by atoms with Crippen molar-refractivity contribution in [1.82, 2.24) is 10.6 Å². The van der Waals surface area contributed by atoms with Gasteiger partial charge in [0.15, 0.2) is 0 Å². The number of methoxy groups -OCH3 is 2. The molecule has 0 unspecified atom stereocenters. The number of carbonyl (C=O) groups is 1. The first kappa shape index (κ1) is 14.8. The quantitative estimate of drug-likeness (QED) is 0.846. The number of amides is 1. The zero-order chi connectivity index (χ0) is 14.4. The summed E-state index contributed by atoms with van der Waals surface area (Å²) >= 11 is 0. The third-order valence-corrected chi connectivity index (χ3v) is 3.83. The molecule has 1 aliphatic rings. The van der Waals surface area contributed by atoms with Gasteiger partial charge in [-0.25, -0.2) is 0 Å². The summed E-state index contributed by atoms with van der Waals surface area (Å²) in [5, 5.41) is 6.21. The van der Waals surface area contributed by atoms with Crippen LogP contribution in [-0.2, 0) is 16.1 Å². The van der Waals surface area contributed by atoms with Crippen molar-refractivity contribution in [1.29, 1.82) is 0 Å². The first-order valence-corrected chi connectivity index (χ1v) is 6.87. The molecular weight excluding hydrogens is 256 g/mol. The van der Waals surface area contributed by atoms with Gasteiger partial charge in [-0.2, -0.15) is 0 Å². The predicted molar refractivity (Wildman–Crippen MR) is 76.7 cm³/mol. The highest BCUT2D eigenvalue weighted by Crippen LogP contribution is 2.22. The third-order valence-electron chi connectivity index (χ3n) is 3.83. The molecule has 1 amide bonds. The van der Waals surface area contributed by atoms with Crippen molar-refractivity contribution in [2.75, 3.05) is 27.3 Å². The molecule has 0 bridgehead atoms. The summed E-state index contributed by atoms with van der Waals surface area (Å²) in [6.45, 7) is 2.12. The van der Waals surface area contributed by atoms with Gasteiger partial charge in [0.1, 0.15) is 11.4 Å². The zero-order valence-electron chi connectivity index (χ0n) is 12.1. The average molecular weight is 278 g/mol. The fourth-order valence-corrected chi connectivity index (χ4v) is 2.44. The van der Waals surface area contributed by atoms with Crippen molar-refractivity contribution in [3.05, 3.63) is 29.8 Å². The van der Waals surface area contributed by atoms with Gasteiger partial charge in [-0.15, -0.1) is 0 Å². The molecular formula is C15H22N2O3. The summed E-state index contributed by atoms with van der Waals surface area (Å²) in [5.74, 6) is 0.782. The predicted octanol–water partition coefficient (Wildman–Crippen LogP) is 1.08. The minimum absolute atomic E-state index is 0.0303. The van der Waals surface area contributed by atoms with Crippen molar-refractivity contribution in [2.45, 2.75) is 25.0 Å². The maximum absolute atomic E-state index is 12.4. The lowest BCUT2D eigenvalue weighted by Gasteiger charge is -2.34. The van der Waals surface area contributed by atoms with Crippen LogP contribution in [0.3, 0.4) is 0 Å². The van der Waals surface area contributed by atoms with Crippen molar-refractivity contribution in [2.24, 2.45) is 0 Å². The maximum Gasteiger partial charge on any atom is 0.252 e. The standard InChI is InChI=1S/C15H22N2O3/c1-19-13-5-3-12(4-6-13)11-17-14(18)15(20-2)7-9-16-10-8-15/h3-6,16H,7-11H2,1-2H3,(H,17,18). The molecule has 5 nitrogen and oxygen atoms in total. The van der Waals surface area contributed by atoms with Gasteiger partial charge in [-0.05, 0) is 43.6 Å². The van der Waals surface area contributed by atoms with E-state index in [1.807, 2.05) is 24.3 Å². The smallest absolute Gasteiger partial charge is 0.252 e. The summed E-state index contributed by atoms with van der Waals surface area (Å²) in [4.78, 5) is 12.4. The molecule has 20 heavy (non-hydrogen) atoms. The van der Waals surface area contributed by atoms with Gasteiger partial charge in [0.25, 0.3) is 5.91 Å². The molecule has 0 saturated carbocycles. The molecule has 2 N–H and O–H groups in total. The molecule has 0 atom stereocenters. The van der Waals surface area contributed by atoms with Crippen LogP contribution in [0.4, 0.5) is 0 Å². The van der Waals surface area contributed by atoms with Crippen LogP contribution < -0.4 is 15.4 Å². The highest BCUT2D eigenvalue weighted by Gasteiger charge is 2.39. The SMILES string of the molecule is COc1ccc(CNC(=O)C2(OC)CCNCC2)cc1. The zero-order valence-corrected chi connectivity index (χ0v) is 12.1. The highest BCUT2D eigenvalue weighted by molar-refractivity contribution is 5.85. The Balaban J connectivity index is 1.93. The molecule has 5 heteroatoms. The second kappa shape index (κ2) is 6.72. The first-order chi connectivity index (χ1) is 9.70. The van der Waals surface area contributed by atoms with Gasteiger partial charge in [-0.1, -0.05) is 12.1 Å². The van der Waals surface area contributed by atoms with Gasteiger partial charge in [0, 0.05) is 13.7 Å². The molecule has 0 aromatic heterocycles. The van der Waals surface area contributed by atoms with E-state index in [9.17, 15) is 4.79 Å². The monoisotopic (exact) mass is 278 g/mol. The Labute approximate surface area is 119 Å². The third kappa shape index (κ3) is 3.29. The Morgan fingerprint density at radius 3 is 2.45 bits per heavy atom. The van der Waals surface area contributed by atoms with E-state index in [-0.39, 0.29) is 5.91 Å². The van der Waals surface area contributed by atoms with E-state index in [0.29, 0.717) is 19.4 Å². The van der Waals surface area contributed by atoms with E-state index in [4.69, 9.17) is 9.47 Å². The van der Waals surface area contributed by atoms with Gasteiger partial charge >= 0.3 is 0 Å². The van der Waals surface area contributed by atoms with Gasteiger partial charge in [0.05, 0.1) is 7.11 Å². The van der Waals surface area contributed by atoms with Crippen molar-refractivity contribution < 1.29 is 14.3 Å². The molecule has 1 saturated heterocycles. The molecule has 0 aliphatic carbocycles. The Morgan fingerprint density at radius 2 is 1.90 bits per heavy atom. The first-order valence-electron chi connectivity index (χ1n) is 6.87. The normalized spacial score (nSPS) is 17.5. The Kier molecular flexibility index (Phi) is 4.98. The minimum Gasteiger partial charge on any atom is -0.497 e. The molecule has 1 fully saturated rings. The van der Waals surface area contributed by atoms with Crippen LogP contribution in [0.25, 0.3) is 0 Å². The van der Waals surface area contributed by atoms with Crippen LogP contribution in [0.15, 0.2) is 24.3 Å². The van der Waals surface area contributed by atoms with E-state index in [1.165, 1.54) is 0 Å². The molecule has 110 valence electrons. The van der Waals surface area contributed by atoms with Crippen LogP contribution in [-0.4, -0.2) is 38.8 Å². The number of hydrogen-bond acceptors (Lipinski definition) is 4. The van der Waals surface area contributed by atoms with Crippen LogP contribution in [0.2, 0.25) is 0 Å². The van der Waals surface area contributed by atoms with E-state index in [1.54, 1.807) is 14.2 Å². The Morgan fingerprint density at radius 1 is 1.25 bits per heavy atom. The lowest BCUT2D eigenvalue weighted by atomic mass is 9.91. The van der Waals surface area contributed by atoms with E-state index >= 15 is 0 Å². The molecule has 1 aromatic carbocycles. The van der Waals surface area contributed by atoms with E-state index < -0.39 is 5.60 Å². The van der Waals surface area contributed by atoms with Crippen LogP contribution in [0.5, 0.6) is 5.75 Å². The lowest BCUT2D eigenvalue weighted by Crippen LogP contribution is -2.53. The second-order valence-electron chi connectivity index (χ2n) is 4.98. The number of benzene rings is 1. The molecule has 2 rings (SSSR count). The van der Waals surface area contributed by atoms with Crippen molar-refractivity contribution in [3.8, 4) is 5.75 Å². The average Bonchev–Trinajstić information content (AvgIpc) is 2.53. The van der Waals surface area contributed by atoms with E-state index in [2.05, 4.69) is 10.6 Å². The minimum atomic E-state index is -0.683.